The molecule has 2 fully saturated rings. The van der Waals surface area contributed by atoms with Crippen molar-refractivity contribution in [2.24, 2.45) is 0 Å². The number of sulfonamides is 1. The number of aliphatic hydroxyl groups is 1. The zero-order valence-electron chi connectivity index (χ0n) is 18.4. The largest absolute Gasteiger partial charge is 0.433 e. The first-order valence-corrected chi connectivity index (χ1v) is 12.6. The van der Waals surface area contributed by atoms with E-state index in [4.69, 9.17) is 0 Å². The van der Waals surface area contributed by atoms with Crippen LogP contribution in [0.2, 0.25) is 0 Å². The molecule has 0 radical (unpaired) electrons. The van der Waals surface area contributed by atoms with Gasteiger partial charge < -0.3 is 15.7 Å². The summed E-state index contributed by atoms with van der Waals surface area (Å²) in [7, 11) is -3.25. The molecule has 3 N–H and O–H groups in total. The number of hydrogen-bond donors (Lipinski definition) is 3. The molecule has 0 aromatic carbocycles. The molecule has 0 unspecified atom stereocenters. The summed E-state index contributed by atoms with van der Waals surface area (Å²) >= 11 is 0. The molecule has 2 atom stereocenters. The van der Waals surface area contributed by atoms with Crippen molar-refractivity contribution < 1.29 is 26.7 Å². The second-order valence-corrected chi connectivity index (χ2v) is 11.0. The van der Waals surface area contributed by atoms with Gasteiger partial charge in [-0.05, 0) is 45.1 Å². The molecular formula is C20H27F3N6O3S. The van der Waals surface area contributed by atoms with Gasteiger partial charge in [-0.1, -0.05) is 0 Å². The third-order valence-electron chi connectivity index (χ3n) is 6.35. The van der Waals surface area contributed by atoms with E-state index in [0.29, 0.717) is 38.8 Å². The average molecular weight is 489 g/mol. The second kappa shape index (κ2) is 8.51. The van der Waals surface area contributed by atoms with Crippen LogP contribution in [-0.2, 0) is 16.2 Å². The molecule has 4 rings (SSSR count). The summed E-state index contributed by atoms with van der Waals surface area (Å²) in [6.07, 6.45) is 0.822. The molecule has 1 saturated carbocycles. The Morgan fingerprint density at radius 1 is 1.18 bits per heavy atom. The molecule has 2 aromatic rings. The molecule has 0 bridgehead atoms. The van der Waals surface area contributed by atoms with Gasteiger partial charge in [-0.3, -0.25) is 0 Å². The SMILES string of the molecule is C[C@@]1(O)CCC[C@H]1Nc1nc(C(F)(F)F)cc2cnc(NC3CCN(S(C)(=O)=O)CC3)nc12. The molecule has 2 aliphatic rings. The summed E-state index contributed by atoms with van der Waals surface area (Å²) in [6, 6.07) is 0.375. The van der Waals surface area contributed by atoms with Gasteiger partial charge >= 0.3 is 6.18 Å². The average Bonchev–Trinajstić information content (AvgIpc) is 3.05. The summed E-state index contributed by atoms with van der Waals surface area (Å²) in [5.74, 6) is 0.174. The van der Waals surface area contributed by atoms with E-state index in [1.807, 2.05) is 0 Å². The first kappa shape index (κ1) is 23.9. The lowest BCUT2D eigenvalue weighted by molar-refractivity contribution is -0.141. The minimum absolute atomic E-state index is 0.0515. The fourth-order valence-corrected chi connectivity index (χ4v) is 5.29. The summed E-state index contributed by atoms with van der Waals surface area (Å²) < 4.78 is 65.1. The third-order valence-corrected chi connectivity index (χ3v) is 7.65. The number of pyridine rings is 1. The Labute approximate surface area is 189 Å². The van der Waals surface area contributed by atoms with E-state index < -0.39 is 33.5 Å². The number of nitrogens with one attached hydrogen (secondary N) is 2. The quantitative estimate of drug-likeness (QED) is 0.588. The topological polar surface area (TPSA) is 120 Å². The first-order valence-electron chi connectivity index (χ1n) is 10.8. The van der Waals surface area contributed by atoms with Crippen LogP contribution in [-0.4, -0.2) is 69.8 Å². The van der Waals surface area contributed by atoms with Crippen molar-refractivity contribution in [2.45, 2.75) is 62.9 Å². The van der Waals surface area contributed by atoms with Crippen LogP contribution >= 0.6 is 0 Å². The summed E-state index contributed by atoms with van der Waals surface area (Å²) in [5, 5.41) is 16.9. The minimum Gasteiger partial charge on any atom is -0.388 e. The highest BCUT2D eigenvalue weighted by Gasteiger charge is 2.38. The van der Waals surface area contributed by atoms with Gasteiger partial charge in [0.2, 0.25) is 16.0 Å². The van der Waals surface area contributed by atoms with Gasteiger partial charge in [0.15, 0.2) is 5.82 Å². The second-order valence-electron chi connectivity index (χ2n) is 9.01. The first-order chi connectivity index (χ1) is 15.3. The molecular weight excluding hydrogens is 461 g/mol. The van der Waals surface area contributed by atoms with Gasteiger partial charge in [-0.15, -0.1) is 0 Å². The Balaban J connectivity index is 1.62. The van der Waals surface area contributed by atoms with E-state index in [2.05, 4.69) is 25.6 Å². The molecule has 0 amide bonds. The maximum atomic E-state index is 13.4. The van der Waals surface area contributed by atoms with Gasteiger partial charge in [-0.2, -0.15) is 13.2 Å². The van der Waals surface area contributed by atoms with Crippen molar-refractivity contribution in [2.75, 3.05) is 30.0 Å². The van der Waals surface area contributed by atoms with Crippen molar-refractivity contribution >= 4 is 32.7 Å². The van der Waals surface area contributed by atoms with Crippen molar-refractivity contribution in [3.63, 3.8) is 0 Å². The molecule has 1 saturated heterocycles. The zero-order chi connectivity index (χ0) is 24.0. The molecule has 3 heterocycles. The Kier molecular flexibility index (Phi) is 6.16. The summed E-state index contributed by atoms with van der Waals surface area (Å²) in [5.41, 5.74) is -1.91. The van der Waals surface area contributed by atoms with Crippen LogP contribution in [0, 0.1) is 0 Å². The van der Waals surface area contributed by atoms with Crippen molar-refractivity contribution in [3.05, 3.63) is 18.0 Å². The maximum Gasteiger partial charge on any atom is 0.433 e. The smallest absolute Gasteiger partial charge is 0.388 e. The van der Waals surface area contributed by atoms with Crippen molar-refractivity contribution in [3.8, 4) is 0 Å². The summed E-state index contributed by atoms with van der Waals surface area (Å²) in [6.45, 7) is 2.38. The predicted octanol–water partition coefficient (Wildman–Crippen LogP) is 2.59. The lowest BCUT2D eigenvalue weighted by Crippen LogP contribution is -2.42. The fourth-order valence-electron chi connectivity index (χ4n) is 4.41. The van der Waals surface area contributed by atoms with E-state index in [-0.39, 0.29) is 28.7 Å². The molecule has 13 heteroatoms. The number of fused-ring (bicyclic) bond motifs is 1. The van der Waals surface area contributed by atoms with Crippen LogP contribution in [0.1, 0.15) is 44.7 Å². The highest BCUT2D eigenvalue weighted by Crippen LogP contribution is 2.36. The van der Waals surface area contributed by atoms with Gasteiger partial charge in [0.25, 0.3) is 0 Å². The molecule has 1 aliphatic carbocycles. The molecule has 182 valence electrons. The van der Waals surface area contributed by atoms with Crippen LogP contribution < -0.4 is 10.6 Å². The molecule has 0 spiro atoms. The fraction of sp³-hybridized carbons (Fsp3) is 0.650. The van der Waals surface area contributed by atoms with Crippen LogP contribution in [0.15, 0.2) is 12.3 Å². The van der Waals surface area contributed by atoms with Crippen molar-refractivity contribution in [1.82, 2.24) is 19.3 Å². The van der Waals surface area contributed by atoms with Gasteiger partial charge in [-0.25, -0.2) is 27.7 Å². The normalized spacial score (nSPS) is 25.5. The van der Waals surface area contributed by atoms with Crippen LogP contribution in [0.25, 0.3) is 10.9 Å². The van der Waals surface area contributed by atoms with E-state index in [1.165, 1.54) is 16.8 Å². The van der Waals surface area contributed by atoms with Crippen LogP contribution in [0.4, 0.5) is 24.9 Å². The molecule has 1 aliphatic heterocycles. The zero-order valence-corrected chi connectivity index (χ0v) is 19.2. The molecule has 2 aromatic heterocycles. The lowest BCUT2D eigenvalue weighted by Gasteiger charge is -2.30. The molecule has 9 nitrogen and oxygen atoms in total. The Hall–Kier alpha value is -2.25. The molecule has 33 heavy (non-hydrogen) atoms. The highest BCUT2D eigenvalue weighted by atomic mass is 32.2. The third kappa shape index (κ3) is 5.30. The number of aromatic nitrogens is 3. The van der Waals surface area contributed by atoms with E-state index in [9.17, 15) is 26.7 Å². The van der Waals surface area contributed by atoms with Crippen molar-refractivity contribution in [1.29, 1.82) is 0 Å². The Morgan fingerprint density at radius 3 is 2.45 bits per heavy atom. The Morgan fingerprint density at radius 2 is 1.88 bits per heavy atom. The van der Waals surface area contributed by atoms with Gasteiger partial charge in [0, 0.05) is 30.7 Å². The standard InChI is InChI=1S/C20H27F3N6O3S/c1-19(30)7-3-4-14(19)26-17-16-12(10-15(27-17)20(21,22)23)11-24-18(28-16)25-13-5-8-29(9-6-13)33(2,31)32/h10-11,13-14,30H,3-9H2,1-2H3,(H,26,27)(H,24,25,28)/t14-,19-/m1/s1. The summed E-state index contributed by atoms with van der Waals surface area (Å²) in [4.78, 5) is 12.4. The number of nitrogens with zero attached hydrogens (tertiary/aromatic N) is 4. The predicted molar refractivity (Wildman–Crippen MR) is 117 cm³/mol. The number of anilines is 2. The number of halogens is 3. The number of alkyl halides is 3. The van der Waals surface area contributed by atoms with E-state index >= 15 is 0 Å². The lowest BCUT2D eigenvalue weighted by atomic mass is 10.0. The highest BCUT2D eigenvalue weighted by molar-refractivity contribution is 7.88. The monoisotopic (exact) mass is 488 g/mol. The number of piperidine rings is 1. The van der Waals surface area contributed by atoms with Crippen LogP contribution in [0.3, 0.4) is 0 Å². The van der Waals surface area contributed by atoms with E-state index in [1.54, 1.807) is 6.92 Å². The van der Waals surface area contributed by atoms with Crippen LogP contribution in [0.5, 0.6) is 0 Å². The van der Waals surface area contributed by atoms with E-state index in [0.717, 1.165) is 12.5 Å². The van der Waals surface area contributed by atoms with Gasteiger partial charge in [0.1, 0.15) is 11.2 Å². The number of rotatable bonds is 5. The van der Waals surface area contributed by atoms with Gasteiger partial charge in [0.05, 0.1) is 17.9 Å². The minimum atomic E-state index is -4.65. The maximum absolute atomic E-state index is 13.4. The number of hydrogen-bond acceptors (Lipinski definition) is 8. The Bertz CT molecular complexity index is 1130.